The molecule has 0 bridgehead atoms. The Morgan fingerprint density at radius 2 is 1.93 bits per heavy atom. The summed E-state index contributed by atoms with van der Waals surface area (Å²) in [5, 5.41) is 3.43. The lowest BCUT2D eigenvalue weighted by Gasteiger charge is -2.30. The number of likely N-dealkylation sites (tertiary alicyclic amines) is 1. The zero-order valence-corrected chi connectivity index (χ0v) is 19.9. The van der Waals surface area contributed by atoms with Crippen LogP contribution in [0.1, 0.15) is 51.0 Å². The van der Waals surface area contributed by atoms with Gasteiger partial charge in [-0.3, -0.25) is 9.79 Å². The minimum atomic E-state index is 0. The van der Waals surface area contributed by atoms with Gasteiger partial charge < -0.3 is 15.1 Å². The number of halogens is 1. The summed E-state index contributed by atoms with van der Waals surface area (Å²) in [6, 6.07) is 10.6. The van der Waals surface area contributed by atoms with Crippen LogP contribution in [0.2, 0.25) is 0 Å². The number of carbonyl (C=O) groups is 1. The monoisotopic (exact) mass is 510 g/mol. The number of nitrogens with zero attached hydrogens (tertiary/aromatic N) is 3. The lowest BCUT2D eigenvalue weighted by Crippen LogP contribution is -2.43. The Balaban J connectivity index is 0.00000300. The van der Waals surface area contributed by atoms with Crippen molar-refractivity contribution in [3.05, 3.63) is 42.0 Å². The van der Waals surface area contributed by atoms with E-state index in [0.29, 0.717) is 5.91 Å². The fourth-order valence-corrected chi connectivity index (χ4v) is 3.92. The van der Waals surface area contributed by atoms with Crippen molar-refractivity contribution in [3.63, 3.8) is 0 Å². The van der Waals surface area contributed by atoms with Gasteiger partial charge in [-0.05, 0) is 43.7 Å². The van der Waals surface area contributed by atoms with Crippen LogP contribution in [0.25, 0.3) is 5.57 Å². The third-order valence-electron chi connectivity index (χ3n) is 5.51. The number of aliphatic imine (C=N–C) groups is 1. The predicted octanol–water partition coefficient (Wildman–Crippen LogP) is 4.15. The summed E-state index contributed by atoms with van der Waals surface area (Å²) in [6.45, 7) is 7.37. The van der Waals surface area contributed by atoms with Crippen LogP contribution in [-0.2, 0) is 4.79 Å². The van der Waals surface area contributed by atoms with Crippen molar-refractivity contribution in [1.29, 1.82) is 0 Å². The second-order valence-electron chi connectivity index (χ2n) is 7.57. The molecule has 1 aromatic rings. The average molecular weight is 510 g/mol. The minimum Gasteiger partial charge on any atom is -0.357 e. The standard InChI is InChI=1S/C23H34N4O.HI/c1-2-24-23(25-15-9-17-26-16-8-4-7-12-22(26)28)27-18-13-21(14-19-27)20-10-5-3-6-11-20;/h3,5-6,10-11,13H,2,4,7-9,12,14-19H2,1H3,(H,24,25);1H. The smallest absolute Gasteiger partial charge is 0.222 e. The number of benzene rings is 1. The number of hydrogen-bond acceptors (Lipinski definition) is 2. The lowest BCUT2D eigenvalue weighted by atomic mass is 10.00. The fourth-order valence-electron chi connectivity index (χ4n) is 3.92. The molecule has 5 nitrogen and oxygen atoms in total. The zero-order chi connectivity index (χ0) is 19.6. The Morgan fingerprint density at radius 1 is 1.10 bits per heavy atom. The van der Waals surface area contributed by atoms with E-state index in [1.807, 2.05) is 4.90 Å². The highest BCUT2D eigenvalue weighted by atomic mass is 127. The molecule has 160 valence electrons. The molecule has 0 unspecified atom stereocenters. The number of hydrogen-bond donors (Lipinski definition) is 1. The Kier molecular flexibility index (Phi) is 10.5. The summed E-state index contributed by atoms with van der Waals surface area (Å²) in [5.74, 6) is 1.32. The van der Waals surface area contributed by atoms with Gasteiger partial charge in [0.15, 0.2) is 5.96 Å². The second-order valence-corrected chi connectivity index (χ2v) is 7.57. The van der Waals surface area contributed by atoms with Gasteiger partial charge in [-0.2, -0.15) is 0 Å². The molecular formula is C23H35IN4O. The summed E-state index contributed by atoms with van der Waals surface area (Å²) >= 11 is 0. The molecule has 0 radical (unpaired) electrons. The van der Waals surface area contributed by atoms with Gasteiger partial charge in [0, 0.05) is 45.7 Å². The average Bonchev–Trinajstić information content (AvgIpc) is 2.95. The molecule has 2 heterocycles. The van der Waals surface area contributed by atoms with Gasteiger partial charge in [0.2, 0.25) is 5.91 Å². The van der Waals surface area contributed by atoms with Gasteiger partial charge >= 0.3 is 0 Å². The van der Waals surface area contributed by atoms with E-state index in [-0.39, 0.29) is 24.0 Å². The third-order valence-corrected chi connectivity index (χ3v) is 5.51. The largest absolute Gasteiger partial charge is 0.357 e. The number of carbonyl (C=O) groups excluding carboxylic acids is 1. The van der Waals surface area contributed by atoms with Crippen molar-refractivity contribution in [1.82, 2.24) is 15.1 Å². The maximum Gasteiger partial charge on any atom is 0.222 e. The summed E-state index contributed by atoms with van der Waals surface area (Å²) in [4.78, 5) is 21.3. The topological polar surface area (TPSA) is 47.9 Å². The van der Waals surface area contributed by atoms with Crippen molar-refractivity contribution in [2.75, 3.05) is 39.3 Å². The van der Waals surface area contributed by atoms with E-state index >= 15 is 0 Å². The summed E-state index contributed by atoms with van der Waals surface area (Å²) in [7, 11) is 0. The number of nitrogens with one attached hydrogen (secondary N) is 1. The molecule has 2 aliphatic heterocycles. The predicted molar refractivity (Wildman–Crippen MR) is 132 cm³/mol. The highest BCUT2D eigenvalue weighted by Gasteiger charge is 2.17. The molecule has 1 aromatic carbocycles. The first-order valence-electron chi connectivity index (χ1n) is 10.8. The van der Waals surface area contributed by atoms with Gasteiger partial charge in [0.25, 0.3) is 0 Å². The number of amides is 1. The van der Waals surface area contributed by atoms with E-state index in [2.05, 4.69) is 53.5 Å². The highest BCUT2D eigenvalue weighted by Crippen LogP contribution is 2.22. The Morgan fingerprint density at radius 3 is 2.66 bits per heavy atom. The van der Waals surface area contributed by atoms with Crippen molar-refractivity contribution in [3.8, 4) is 0 Å². The van der Waals surface area contributed by atoms with E-state index in [0.717, 1.165) is 77.3 Å². The SMILES string of the molecule is CCNC(=NCCCN1CCCCCC1=O)N1CC=C(c2ccccc2)CC1.I. The van der Waals surface area contributed by atoms with Crippen LogP contribution in [0.3, 0.4) is 0 Å². The van der Waals surface area contributed by atoms with Gasteiger partial charge in [-0.15, -0.1) is 24.0 Å². The van der Waals surface area contributed by atoms with Crippen LogP contribution in [0.4, 0.5) is 0 Å². The number of rotatable bonds is 6. The van der Waals surface area contributed by atoms with Gasteiger partial charge in [0.1, 0.15) is 0 Å². The van der Waals surface area contributed by atoms with Crippen LogP contribution in [0.5, 0.6) is 0 Å². The van der Waals surface area contributed by atoms with E-state index in [1.54, 1.807) is 0 Å². The first-order valence-corrected chi connectivity index (χ1v) is 10.8. The molecule has 0 atom stereocenters. The maximum absolute atomic E-state index is 12.1. The molecule has 6 heteroatoms. The summed E-state index contributed by atoms with van der Waals surface area (Å²) < 4.78 is 0. The second kappa shape index (κ2) is 12.9. The number of guanidine groups is 1. The summed E-state index contributed by atoms with van der Waals surface area (Å²) in [6.07, 6.45) is 8.37. The third kappa shape index (κ3) is 7.32. The highest BCUT2D eigenvalue weighted by molar-refractivity contribution is 14.0. The van der Waals surface area contributed by atoms with Crippen molar-refractivity contribution < 1.29 is 4.79 Å². The molecule has 1 fully saturated rings. The summed E-state index contributed by atoms with van der Waals surface area (Å²) in [5.41, 5.74) is 2.75. The molecule has 1 amide bonds. The van der Waals surface area contributed by atoms with E-state index in [4.69, 9.17) is 4.99 Å². The first-order chi connectivity index (χ1) is 13.8. The van der Waals surface area contributed by atoms with Gasteiger partial charge in [-0.1, -0.05) is 42.8 Å². The molecule has 3 rings (SSSR count). The molecule has 1 saturated heterocycles. The van der Waals surface area contributed by atoms with Gasteiger partial charge in [0.05, 0.1) is 0 Å². The molecule has 1 N–H and O–H groups in total. The van der Waals surface area contributed by atoms with Crippen LogP contribution >= 0.6 is 24.0 Å². The van der Waals surface area contributed by atoms with Crippen LogP contribution in [0, 0.1) is 0 Å². The lowest BCUT2D eigenvalue weighted by molar-refractivity contribution is -0.130. The quantitative estimate of drug-likeness (QED) is 0.271. The van der Waals surface area contributed by atoms with Gasteiger partial charge in [-0.25, -0.2) is 0 Å². The van der Waals surface area contributed by atoms with Crippen LogP contribution in [0.15, 0.2) is 41.4 Å². The Bertz CT molecular complexity index is 689. The normalized spacial score (nSPS) is 18.0. The van der Waals surface area contributed by atoms with Crippen LogP contribution in [-0.4, -0.2) is 60.9 Å². The minimum absolute atomic E-state index is 0. The van der Waals surface area contributed by atoms with E-state index in [1.165, 1.54) is 17.6 Å². The Labute approximate surface area is 192 Å². The zero-order valence-electron chi connectivity index (χ0n) is 17.6. The molecule has 0 aliphatic carbocycles. The van der Waals surface area contributed by atoms with Crippen molar-refractivity contribution in [2.45, 2.75) is 45.4 Å². The molecule has 2 aliphatic rings. The fraction of sp³-hybridized carbons (Fsp3) is 0.565. The molecule has 0 aromatic heterocycles. The molecular weight excluding hydrogens is 475 g/mol. The van der Waals surface area contributed by atoms with Crippen molar-refractivity contribution >= 4 is 41.4 Å². The molecule has 0 saturated carbocycles. The van der Waals surface area contributed by atoms with E-state index in [9.17, 15) is 4.79 Å². The van der Waals surface area contributed by atoms with E-state index < -0.39 is 0 Å². The molecule has 0 spiro atoms. The van der Waals surface area contributed by atoms with Crippen LogP contribution < -0.4 is 5.32 Å². The molecule has 29 heavy (non-hydrogen) atoms. The van der Waals surface area contributed by atoms with Crippen molar-refractivity contribution in [2.24, 2.45) is 4.99 Å². The Hall–Kier alpha value is -1.57. The maximum atomic E-state index is 12.1. The first kappa shape index (κ1) is 23.7.